The van der Waals surface area contributed by atoms with E-state index in [1.54, 1.807) is 20.3 Å². The fourth-order valence-electron chi connectivity index (χ4n) is 2.72. The minimum atomic E-state index is 0.447. The van der Waals surface area contributed by atoms with Crippen LogP contribution < -0.4 is 31.4 Å². The van der Waals surface area contributed by atoms with Gasteiger partial charge in [-0.25, -0.2) is 5.84 Å². The molecule has 0 aliphatic carbocycles. The van der Waals surface area contributed by atoms with Gasteiger partial charge in [-0.05, 0) is 42.3 Å². The number of ether oxygens (including phenoxy) is 2. The minimum absolute atomic E-state index is 0.447. The maximum atomic E-state index is 5.54. The Kier molecular flexibility index (Phi) is 6.48. The number of hydrogen-bond acceptors (Lipinski definition) is 8. The van der Waals surface area contributed by atoms with E-state index >= 15 is 0 Å². The van der Waals surface area contributed by atoms with Crippen molar-refractivity contribution in [1.29, 1.82) is 0 Å². The molecule has 0 saturated carbocycles. The molecular formula is C20H24N6O2. The van der Waals surface area contributed by atoms with Crippen molar-refractivity contribution in [2.24, 2.45) is 5.84 Å². The highest BCUT2D eigenvalue weighted by Gasteiger charge is 2.07. The summed E-state index contributed by atoms with van der Waals surface area (Å²) in [7, 11) is 3.30. The lowest BCUT2D eigenvalue weighted by Gasteiger charge is -2.13. The van der Waals surface area contributed by atoms with Crippen molar-refractivity contribution >= 4 is 23.3 Å². The molecule has 3 rings (SSSR count). The highest BCUT2D eigenvalue weighted by molar-refractivity contribution is 5.58. The minimum Gasteiger partial charge on any atom is -0.497 e. The molecule has 0 spiro atoms. The van der Waals surface area contributed by atoms with E-state index in [4.69, 9.17) is 15.3 Å². The predicted octanol–water partition coefficient (Wildman–Crippen LogP) is 3.18. The molecule has 0 aliphatic rings. The molecule has 146 valence electrons. The number of rotatable bonds is 9. The van der Waals surface area contributed by atoms with E-state index in [0.717, 1.165) is 29.2 Å². The highest BCUT2D eigenvalue weighted by Crippen LogP contribution is 2.24. The lowest BCUT2D eigenvalue weighted by atomic mass is 10.1. The zero-order chi connectivity index (χ0) is 19.8. The van der Waals surface area contributed by atoms with Gasteiger partial charge >= 0.3 is 0 Å². The van der Waals surface area contributed by atoms with Crippen molar-refractivity contribution in [1.82, 2.24) is 9.97 Å². The summed E-state index contributed by atoms with van der Waals surface area (Å²) in [6.45, 7) is 0.648. The maximum Gasteiger partial charge on any atom is 0.231 e. The monoisotopic (exact) mass is 380 g/mol. The third kappa shape index (κ3) is 5.01. The number of benzene rings is 2. The van der Waals surface area contributed by atoms with Gasteiger partial charge in [-0.2, -0.15) is 9.97 Å². The van der Waals surface area contributed by atoms with Crippen LogP contribution in [-0.4, -0.2) is 30.7 Å². The number of nitrogens with two attached hydrogens (primary N) is 1. The number of nitrogens with one attached hydrogen (secondary N) is 3. The van der Waals surface area contributed by atoms with Gasteiger partial charge in [0.1, 0.15) is 23.1 Å². The van der Waals surface area contributed by atoms with Gasteiger partial charge in [-0.15, -0.1) is 0 Å². The molecule has 0 saturated heterocycles. The molecule has 2 aromatic carbocycles. The molecule has 0 bridgehead atoms. The third-order valence-electron chi connectivity index (χ3n) is 4.09. The Morgan fingerprint density at radius 1 is 0.929 bits per heavy atom. The molecule has 3 aromatic rings. The van der Waals surface area contributed by atoms with Gasteiger partial charge in [0.25, 0.3) is 0 Å². The number of hydrazine groups is 1. The van der Waals surface area contributed by atoms with Gasteiger partial charge in [0.15, 0.2) is 0 Å². The molecule has 28 heavy (non-hydrogen) atoms. The second kappa shape index (κ2) is 9.43. The molecule has 1 aromatic heterocycles. The van der Waals surface area contributed by atoms with Gasteiger partial charge in [0.05, 0.1) is 14.2 Å². The molecule has 1 heterocycles. The van der Waals surface area contributed by atoms with Crippen LogP contribution in [0, 0.1) is 0 Å². The molecule has 0 unspecified atom stereocenters. The summed E-state index contributed by atoms with van der Waals surface area (Å²) in [5, 5.41) is 6.47. The number of aromatic nitrogens is 2. The first-order valence-electron chi connectivity index (χ1n) is 8.84. The lowest BCUT2D eigenvalue weighted by molar-refractivity contribution is 0.399. The Morgan fingerprint density at radius 3 is 2.43 bits per heavy atom. The Bertz CT molecular complexity index is 904. The first-order chi connectivity index (χ1) is 13.7. The first kappa shape index (κ1) is 19.2. The summed E-state index contributed by atoms with van der Waals surface area (Å²) in [4.78, 5) is 8.83. The number of nitrogens with zero attached hydrogens (tertiary/aromatic N) is 2. The van der Waals surface area contributed by atoms with E-state index in [-0.39, 0.29) is 0 Å². The maximum absolute atomic E-state index is 5.54. The Labute approximate surface area is 164 Å². The van der Waals surface area contributed by atoms with E-state index in [1.165, 1.54) is 0 Å². The van der Waals surface area contributed by atoms with Crippen LogP contribution >= 0.6 is 0 Å². The second-order valence-electron chi connectivity index (χ2n) is 5.95. The van der Waals surface area contributed by atoms with Crippen molar-refractivity contribution in [3.8, 4) is 11.5 Å². The van der Waals surface area contributed by atoms with Crippen LogP contribution in [0.5, 0.6) is 11.5 Å². The predicted molar refractivity (Wildman–Crippen MR) is 111 cm³/mol. The van der Waals surface area contributed by atoms with E-state index in [0.29, 0.717) is 24.1 Å². The molecule has 5 N–H and O–H groups in total. The zero-order valence-corrected chi connectivity index (χ0v) is 15.9. The van der Waals surface area contributed by atoms with Crippen LogP contribution in [0.15, 0.2) is 54.6 Å². The van der Waals surface area contributed by atoms with Crippen LogP contribution in [0.3, 0.4) is 0 Å². The van der Waals surface area contributed by atoms with Crippen molar-refractivity contribution < 1.29 is 9.47 Å². The molecule has 0 amide bonds. The topological polar surface area (TPSA) is 106 Å². The van der Waals surface area contributed by atoms with Crippen LogP contribution in [-0.2, 0) is 6.42 Å². The van der Waals surface area contributed by atoms with Crippen LogP contribution in [0.2, 0.25) is 0 Å². The Hall–Kier alpha value is -3.52. The van der Waals surface area contributed by atoms with Gasteiger partial charge in [-0.3, -0.25) is 0 Å². The van der Waals surface area contributed by atoms with E-state index in [1.807, 2.05) is 48.5 Å². The molecular weight excluding hydrogens is 356 g/mol. The standard InChI is InChI=1S/C20H24N6O2/c1-27-16-8-9-17(28-2)14(12-16)10-11-22-18-13-19(26-21)25-20(24-18)23-15-6-4-3-5-7-15/h3-9,12-13H,10-11,21H2,1-2H3,(H3,22,23,24,25,26). The molecule has 0 aliphatic heterocycles. The van der Waals surface area contributed by atoms with Crippen molar-refractivity contribution in [3.63, 3.8) is 0 Å². The number of para-hydroxylation sites is 1. The van der Waals surface area contributed by atoms with Crippen molar-refractivity contribution in [2.45, 2.75) is 6.42 Å². The quantitative estimate of drug-likeness (QED) is 0.331. The summed E-state index contributed by atoms with van der Waals surface area (Å²) in [5.74, 6) is 8.77. The van der Waals surface area contributed by atoms with Crippen molar-refractivity contribution in [3.05, 3.63) is 60.2 Å². The van der Waals surface area contributed by atoms with Gasteiger partial charge in [0, 0.05) is 18.3 Å². The van der Waals surface area contributed by atoms with E-state index in [2.05, 4.69) is 26.0 Å². The first-order valence-corrected chi connectivity index (χ1v) is 8.84. The van der Waals surface area contributed by atoms with E-state index < -0.39 is 0 Å². The number of methoxy groups -OCH3 is 2. The SMILES string of the molecule is COc1ccc(OC)c(CCNc2cc(NN)nc(Nc3ccccc3)n2)c1. The number of nitrogen functional groups attached to an aromatic ring is 1. The van der Waals surface area contributed by atoms with Crippen LogP contribution in [0.25, 0.3) is 0 Å². The van der Waals surface area contributed by atoms with Gasteiger partial charge < -0.3 is 25.5 Å². The molecule has 0 fully saturated rings. The third-order valence-corrected chi connectivity index (χ3v) is 4.09. The van der Waals surface area contributed by atoms with E-state index in [9.17, 15) is 0 Å². The zero-order valence-electron chi connectivity index (χ0n) is 15.9. The molecule has 8 heteroatoms. The largest absolute Gasteiger partial charge is 0.497 e. The highest BCUT2D eigenvalue weighted by atomic mass is 16.5. The second-order valence-corrected chi connectivity index (χ2v) is 5.95. The van der Waals surface area contributed by atoms with Gasteiger partial charge in [-0.1, -0.05) is 18.2 Å². The Balaban J connectivity index is 1.69. The summed E-state index contributed by atoms with van der Waals surface area (Å²) < 4.78 is 10.7. The fraction of sp³-hybridized carbons (Fsp3) is 0.200. The smallest absolute Gasteiger partial charge is 0.231 e. The summed E-state index contributed by atoms with van der Waals surface area (Å²) in [5.41, 5.74) is 4.50. The summed E-state index contributed by atoms with van der Waals surface area (Å²) in [6.07, 6.45) is 0.733. The molecule has 0 atom stereocenters. The lowest BCUT2D eigenvalue weighted by Crippen LogP contribution is -2.13. The number of hydrogen-bond donors (Lipinski definition) is 4. The van der Waals surface area contributed by atoms with Crippen LogP contribution in [0.4, 0.5) is 23.3 Å². The van der Waals surface area contributed by atoms with Gasteiger partial charge in [0.2, 0.25) is 5.95 Å². The summed E-state index contributed by atoms with van der Waals surface area (Å²) >= 11 is 0. The molecule has 0 radical (unpaired) electrons. The van der Waals surface area contributed by atoms with Crippen LogP contribution in [0.1, 0.15) is 5.56 Å². The molecule has 8 nitrogen and oxygen atoms in total. The number of anilines is 4. The average molecular weight is 380 g/mol. The van der Waals surface area contributed by atoms with Crippen molar-refractivity contribution in [2.75, 3.05) is 36.8 Å². The normalized spacial score (nSPS) is 10.2. The summed E-state index contributed by atoms with van der Waals surface area (Å²) in [6, 6.07) is 17.2. The fourth-order valence-corrected chi connectivity index (χ4v) is 2.72. The average Bonchev–Trinajstić information content (AvgIpc) is 2.74. The Morgan fingerprint density at radius 2 is 1.71 bits per heavy atom.